The van der Waals surface area contributed by atoms with Crippen LogP contribution in [0.3, 0.4) is 0 Å². The van der Waals surface area contributed by atoms with Crippen LogP contribution in [0.1, 0.15) is 60.7 Å². The number of aromatic nitrogens is 3. The number of amides is 1. The van der Waals surface area contributed by atoms with Crippen LogP contribution in [0.4, 0.5) is 0 Å². The summed E-state index contributed by atoms with van der Waals surface area (Å²) in [5.74, 6) is 1.92. The average molecular weight is 358 g/mol. The van der Waals surface area contributed by atoms with Gasteiger partial charge in [0.1, 0.15) is 11.9 Å². The molecule has 0 saturated heterocycles. The molecule has 0 atom stereocenters. The van der Waals surface area contributed by atoms with Crippen LogP contribution >= 0.6 is 0 Å². The highest BCUT2D eigenvalue weighted by molar-refractivity contribution is 5.92. The second-order valence-electron chi connectivity index (χ2n) is 6.82. The number of hydrogen-bond donors (Lipinski definition) is 1. The lowest BCUT2D eigenvalue weighted by molar-refractivity contribution is 0.0877. The molecule has 0 aliphatic heterocycles. The van der Waals surface area contributed by atoms with Gasteiger partial charge in [0.05, 0.1) is 7.11 Å². The van der Waals surface area contributed by atoms with Crippen molar-refractivity contribution in [2.24, 2.45) is 0 Å². The molecule has 0 unspecified atom stereocenters. The first kappa shape index (κ1) is 16.8. The van der Waals surface area contributed by atoms with Crippen LogP contribution in [-0.2, 0) is 0 Å². The number of nitrogens with zero attached hydrogens (tertiary/aromatic N) is 3. The van der Waals surface area contributed by atoms with Gasteiger partial charge >= 0.3 is 0 Å². The maximum Gasteiger partial charge on any atom is 0.278 e. The van der Waals surface area contributed by atoms with Crippen molar-refractivity contribution in [2.75, 3.05) is 7.11 Å². The minimum atomic E-state index is -0.166. The highest BCUT2D eigenvalue weighted by atomic mass is 16.5. The topological polar surface area (TPSA) is 99.4 Å². The van der Waals surface area contributed by atoms with Crippen molar-refractivity contribution in [1.29, 1.82) is 0 Å². The molecule has 1 amide bonds. The molecule has 2 heterocycles. The van der Waals surface area contributed by atoms with E-state index in [9.17, 15) is 4.79 Å². The number of carbonyl (C=O) groups excluding carboxylic acids is 1. The van der Waals surface area contributed by atoms with Crippen molar-refractivity contribution in [3.63, 3.8) is 0 Å². The van der Waals surface area contributed by atoms with E-state index in [0.29, 0.717) is 23.4 Å². The molecule has 2 aromatic heterocycles. The van der Waals surface area contributed by atoms with Gasteiger partial charge in [-0.05, 0) is 38.5 Å². The van der Waals surface area contributed by atoms with Gasteiger partial charge in [-0.2, -0.15) is 0 Å². The Morgan fingerprint density at radius 1 is 1.12 bits per heavy atom. The van der Waals surface area contributed by atoms with E-state index in [1.54, 1.807) is 25.6 Å². The summed E-state index contributed by atoms with van der Waals surface area (Å²) in [5, 5.41) is 6.94. The number of nitrogens with one attached hydrogen (secondary N) is 1. The lowest BCUT2D eigenvalue weighted by Crippen LogP contribution is -2.39. The SMILES string of the molecule is COc1nccnc1OC1CCC(NC(=O)c2cc(C3CC3)on2)CC1. The van der Waals surface area contributed by atoms with Crippen LogP contribution in [0.25, 0.3) is 0 Å². The van der Waals surface area contributed by atoms with Crippen LogP contribution in [0.15, 0.2) is 23.0 Å². The fraction of sp³-hybridized carbons (Fsp3) is 0.556. The molecule has 4 rings (SSSR count). The van der Waals surface area contributed by atoms with Gasteiger partial charge in [0, 0.05) is 30.4 Å². The van der Waals surface area contributed by atoms with Crippen molar-refractivity contribution in [3.05, 3.63) is 29.9 Å². The van der Waals surface area contributed by atoms with Gasteiger partial charge in [-0.25, -0.2) is 9.97 Å². The smallest absolute Gasteiger partial charge is 0.278 e. The summed E-state index contributed by atoms with van der Waals surface area (Å²) in [6.07, 6.45) is 8.77. The molecule has 0 bridgehead atoms. The van der Waals surface area contributed by atoms with Crippen LogP contribution in [0.2, 0.25) is 0 Å². The highest BCUT2D eigenvalue weighted by Crippen LogP contribution is 2.40. The fourth-order valence-electron chi connectivity index (χ4n) is 3.23. The van der Waals surface area contributed by atoms with Crippen molar-refractivity contribution in [3.8, 4) is 11.8 Å². The zero-order chi connectivity index (χ0) is 17.9. The second-order valence-corrected chi connectivity index (χ2v) is 6.82. The zero-order valence-corrected chi connectivity index (χ0v) is 14.7. The third kappa shape index (κ3) is 3.79. The molecule has 2 fully saturated rings. The second kappa shape index (κ2) is 7.31. The monoisotopic (exact) mass is 358 g/mol. The summed E-state index contributed by atoms with van der Waals surface area (Å²) in [6, 6.07) is 1.88. The molecule has 0 spiro atoms. The van der Waals surface area contributed by atoms with E-state index >= 15 is 0 Å². The van der Waals surface area contributed by atoms with E-state index < -0.39 is 0 Å². The van der Waals surface area contributed by atoms with Gasteiger partial charge in [0.2, 0.25) is 0 Å². The average Bonchev–Trinajstić information content (AvgIpc) is 3.40. The maximum absolute atomic E-state index is 12.3. The van der Waals surface area contributed by atoms with Crippen LogP contribution in [0, 0.1) is 0 Å². The van der Waals surface area contributed by atoms with Crippen LogP contribution in [0.5, 0.6) is 11.8 Å². The molecular weight excluding hydrogens is 336 g/mol. The van der Waals surface area contributed by atoms with Crippen molar-refractivity contribution < 1.29 is 18.8 Å². The molecule has 2 aromatic rings. The highest BCUT2D eigenvalue weighted by Gasteiger charge is 2.30. The number of methoxy groups -OCH3 is 1. The Bertz CT molecular complexity index is 766. The minimum absolute atomic E-state index is 0.0438. The first-order valence-corrected chi connectivity index (χ1v) is 9.02. The molecule has 2 aliphatic rings. The van der Waals surface area contributed by atoms with Crippen molar-refractivity contribution >= 4 is 5.91 Å². The van der Waals surface area contributed by atoms with Crippen molar-refractivity contribution in [1.82, 2.24) is 20.4 Å². The van der Waals surface area contributed by atoms with Crippen LogP contribution in [-0.4, -0.2) is 40.3 Å². The Labute approximate surface area is 151 Å². The Morgan fingerprint density at radius 2 is 1.85 bits per heavy atom. The van der Waals surface area contributed by atoms with E-state index in [0.717, 1.165) is 44.3 Å². The number of hydrogen-bond acceptors (Lipinski definition) is 7. The van der Waals surface area contributed by atoms with Gasteiger partial charge in [-0.3, -0.25) is 4.79 Å². The van der Waals surface area contributed by atoms with Gasteiger partial charge in [-0.1, -0.05) is 5.16 Å². The normalized spacial score (nSPS) is 22.7. The van der Waals surface area contributed by atoms with E-state index in [1.807, 2.05) is 0 Å². The summed E-state index contributed by atoms with van der Waals surface area (Å²) >= 11 is 0. The lowest BCUT2D eigenvalue weighted by Gasteiger charge is -2.29. The summed E-state index contributed by atoms with van der Waals surface area (Å²) in [4.78, 5) is 20.6. The minimum Gasteiger partial charge on any atom is -0.477 e. The summed E-state index contributed by atoms with van der Waals surface area (Å²) in [5.41, 5.74) is 0.370. The fourth-order valence-corrected chi connectivity index (χ4v) is 3.23. The molecule has 1 N–H and O–H groups in total. The van der Waals surface area contributed by atoms with Gasteiger partial charge < -0.3 is 19.3 Å². The van der Waals surface area contributed by atoms with Crippen molar-refractivity contribution in [2.45, 2.75) is 56.6 Å². The molecule has 0 radical (unpaired) electrons. The Kier molecular flexibility index (Phi) is 4.73. The summed E-state index contributed by atoms with van der Waals surface area (Å²) < 4.78 is 16.3. The largest absolute Gasteiger partial charge is 0.477 e. The molecule has 0 aromatic carbocycles. The lowest BCUT2D eigenvalue weighted by atomic mass is 9.93. The Balaban J connectivity index is 1.27. The zero-order valence-electron chi connectivity index (χ0n) is 14.7. The standard InChI is InChI=1S/C18H22N4O4/c1-24-17-18(20-9-8-19-17)25-13-6-4-12(5-7-13)21-16(23)14-10-15(26-22-14)11-2-3-11/h8-13H,2-7H2,1H3,(H,21,23). The third-order valence-electron chi connectivity index (χ3n) is 4.86. The van der Waals surface area contributed by atoms with E-state index in [-0.39, 0.29) is 18.1 Å². The molecule has 8 heteroatoms. The summed E-state index contributed by atoms with van der Waals surface area (Å²) in [7, 11) is 1.54. The maximum atomic E-state index is 12.3. The molecule has 2 saturated carbocycles. The molecule has 138 valence electrons. The number of ether oxygens (including phenoxy) is 2. The number of carbonyl (C=O) groups is 1. The Hall–Kier alpha value is -2.64. The van der Waals surface area contributed by atoms with E-state index in [2.05, 4.69) is 20.4 Å². The summed E-state index contributed by atoms with van der Waals surface area (Å²) in [6.45, 7) is 0. The quantitative estimate of drug-likeness (QED) is 0.847. The first-order valence-electron chi connectivity index (χ1n) is 9.02. The molecule has 2 aliphatic carbocycles. The Morgan fingerprint density at radius 3 is 2.54 bits per heavy atom. The molecule has 26 heavy (non-hydrogen) atoms. The van der Waals surface area contributed by atoms with Gasteiger partial charge in [0.25, 0.3) is 17.7 Å². The van der Waals surface area contributed by atoms with Gasteiger partial charge in [-0.15, -0.1) is 0 Å². The van der Waals surface area contributed by atoms with Gasteiger partial charge in [0.15, 0.2) is 5.69 Å². The third-order valence-corrected chi connectivity index (χ3v) is 4.86. The predicted octanol–water partition coefficient (Wildman–Crippen LogP) is 2.47. The molecular formula is C18H22N4O4. The van der Waals surface area contributed by atoms with Crippen LogP contribution < -0.4 is 14.8 Å². The predicted molar refractivity (Wildman–Crippen MR) is 91.2 cm³/mol. The number of rotatable bonds is 6. The van der Waals surface area contributed by atoms with E-state index in [4.69, 9.17) is 14.0 Å². The molecule has 8 nitrogen and oxygen atoms in total. The first-order chi connectivity index (χ1) is 12.7. The van der Waals surface area contributed by atoms with E-state index in [1.165, 1.54) is 0 Å².